The molecule has 1 N–H and O–H groups in total. The molecule has 44 heavy (non-hydrogen) atoms. The summed E-state index contributed by atoms with van der Waals surface area (Å²) in [6, 6.07) is 23.0. The highest BCUT2D eigenvalue weighted by Gasteiger charge is 2.32. The molecule has 3 aromatic carbocycles. The summed E-state index contributed by atoms with van der Waals surface area (Å²) in [4.78, 5) is 29.4. The summed E-state index contributed by atoms with van der Waals surface area (Å²) in [6.45, 7) is 8.37. The lowest BCUT2D eigenvalue weighted by Gasteiger charge is -2.34. The molecule has 0 heterocycles. The summed E-state index contributed by atoms with van der Waals surface area (Å²) in [6.07, 6.45) is 1.76. The third-order valence-electron chi connectivity index (χ3n) is 6.84. The Bertz CT molecular complexity index is 1470. The number of hydrogen-bond acceptors (Lipinski definition) is 6. The fourth-order valence-electron chi connectivity index (χ4n) is 4.85. The summed E-state index contributed by atoms with van der Waals surface area (Å²) < 4.78 is 37.6. The molecular formula is C34H45N3O6S. The summed E-state index contributed by atoms with van der Waals surface area (Å²) in [5, 5.41) is 3.06. The SMILES string of the molecule is CCOc1ccc(N(CCCC(=O)N(Cc2cccc(OC)c2)[C@@H](Cc2ccccc2)C(=O)NC(C)(C)C)S(C)(=O)=O)cc1. The minimum atomic E-state index is -3.62. The van der Waals surface area contributed by atoms with E-state index in [1.54, 1.807) is 36.3 Å². The number of nitrogens with one attached hydrogen (secondary N) is 1. The first-order valence-corrected chi connectivity index (χ1v) is 16.6. The second-order valence-corrected chi connectivity index (χ2v) is 13.6. The van der Waals surface area contributed by atoms with Crippen LogP contribution in [0, 0.1) is 0 Å². The van der Waals surface area contributed by atoms with Gasteiger partial charge < -0.3 is 19.7 Å². The molecule has 9 nitrogen and oxygen atoms in total. The summed E-state index contributed by atoms with van der Waals surface area (Å²) in [5.74, 6) is 0.779. The Balaban J connectivity index is 1.90. The van der Waals surface area contributed by atoms with E-state index in [0.717, 1.165) is 17.4 Å². The van der Waals surface area contributed by atoms with Crippen LogP contribution in [-0.4, -0.2) is 63.2 Å². The fourth-order valence-corrected chi connectivity index (χ4v) is 5.82. The van der Waals surface area contributed by atoms with Crippen LogP contribution in [0.15, 0.2) is 78.9 Å². The first-order valence-electron chi connectivity index (χ1n) is 14.8. The van der Waals surface area contributed by atoms with Gasteiger partial charge in [0.25, 0.3) is 0 Å². The van der Waals surface area contributed by atoms with Gasteiger partial charge in [0.05, 0.1) is 25.7 Å². The third kappa shape index (κ3) is 10.6. The van der Waals surface area contributed by atoms with E-state index in [2.05, 4.69) is 5.32 Å². The number of sulfonamides is 1. The molecule has 0 unspecified atom stereocenters. The predicted molar refractivity (Wildman–Crippen MR) is 174 cm³/mol. The second kappa shape index (κ2) is 15.6. The van der Waals surface area contributed by atoms with E-state index in [1.807, 2.05) is 82.3 Å². The van der Waals surface area contributed by atoms with Gasteiger partial charge in [-0.2, -0.15) is 0 Å². The van der Waals surface area contributed by atoms with E-state index in [4.69, 9.17) is 9.47 Å². The van der Waals surface area contributed by atoms with Gasteiger partial charge in [-0.25, -0.2) is 8.42 Å². The van der Waals surface area contributed by atoms with E-state index in [0.29, 0.717) is 30.2 Å². The van der Waals surface area contributed by atoms with Crippen molar-refractivity contribution in [1.82, 2.24) is 10.2 Å². The normalized spacial score (nSPS) is 12.2. The topological polar surface area (TPSA) is 105 Å². The van der Waals surface area contributed by atoms with E-state index < -0.39 is 21.6 Å². The van der Waals surface area contributed by atoms with Crippen LogP contribution in [-0.2, 0) is 32.6 Å². The zero-order chi connectivity index (χ0) is 32.3. The van der Waals surface area contributed by atoms with Crippen molar-refractivity contribution >= 4 is 27.5 Å². The molecule has 0 aliphatic heterocycles. The zero-order valence-electron chi connectivity index (χ0n) is 26.6. The summed E-state index contributed by atoms with van der Waals surface area (Å²) in [5.41, 5.74) is 1.71. The lowest BCUT2D eigenvalue weighted by Crippen LogP contribution is -2.54. The van der Waals surface area contributed by atoms with Gasteiger partial charge in [0.1, 0.15) is 17.5 Å². The van der Waals surface area contributed by atoms with E-state index in [-0.39, 0.29) is 37.7 Å². The van der Waals surface area contributed by atoms with Crippen molar-refractivity contribution in [3.05, 3.63) is 90.0 Å². The van der Waals surface area contributed by atoms with Gasteiger partial charge in [-0.3, -0.25) is 13.9 Å². The summed E-state index contributed by atoms with van der Waals surface area (Å²) >= 11 is 0. The lowest BCUT2D eigenvalue weighted by atomic mass is 10.00. The highest BCUT2D eigenvalue weighted by molar-refractivity contribution is 7.92. The molecule has 3 rings (SSSR count). The average Bonchev–Trinajstić information content (AvgIpc) is 2.97. The van der Waals surface area contributed by atoms with Gasteiger partial charge in [-0.15, -0.1) is 0 Å². The number of nitrogens with zero attached hydrogens (tertiary/aromatic N) is 2. The number of benzene rings is 3. The van der Waals surface area contributed by atoms with Gasteiger partial charge >= 0.3 is 0 Å². The molecular weight excluding hydrogens is 578 g/mol. The van der Waals surface area contributed by atoms with Gasteiger partial charge in [0.15, 0.2) is 0 Å². The predicted octanol–water partition coefficient (Wildman–Crippen LogP) is 5.19. The molecule has 0 radical (unpaired) electrons. The first kappa shape index (κ1) is 34.4. The largest absolute Gasteiger partial charge is 0.497 e. The second-order valence-electron chi connectivity index (χ2n) is 11.7. The van der Waals surface area contributed by atoms with Crippen LogP contribution in [0.25, 0.3) is 0 Å². The van der Waals surface area contributed by atoms with Crippen molar-refractivity contribution in [1.29, 1.82) is 0 Å². The van der Waals surface area contributed by atoms with Crippen molar-refractivity contribution in [2.75, 3.05) is 30.8 Å². The lowest BCUT2D eigenvalue weighted by molar-refractivity contribution is -0.142. The van der Waals surface area contributed by atoms with Gasteiger partial charge in [-0.05, 0) is 81.6 Å². The minimum Gasteiger partial charge on any atom is -0.497 e. The highest BCUT2D eigenvalue weighted by Crippen LogP contribution is 2.24. The minimum absolute atomic E-state index is 0.0428. The van der Waals surface area contributed by atoms with E-state index in [1.165, 1.54) is 4.31 Å². The standard InChI is InChI=1S/C34H45N3O6S/c1-7-43-29-20-18-28(19-21-29)37(44(6,40)41)22-12-17-32(38)36(25-27-15-11-16-30(23-27)42-5)31(33(39)35-34(2,3)4)24-26-13-9-8-10-14-26/h8-11,13-16,18-21,23,31H,7,12,17,22,24-25H2,1-6H3,(H,35,39)/t31-/m0/s1. The van der Waals surface area contributed by atoms with E-state index >= 15 is 0 Å². The molecule has 0 aliphatic carbocycles. The van der Waals surface area contributed by atoms with Crippen LogP contribution < -0.4 is 19.1 Å². The Morgan fingerprint density at radius 1 is 0.909 bits per heavy atom. The van der Waals surface area contributed by atoms with E-state index in [9.17, 15) is 18.0 Å². The van der Waals surface area contributed by atoms with Crippen molar-refractivity contribution < 1.29 is 27.5 Å². The Kier molecular flexibility index (Phi) is 12.2. The number of carbonyl (C=O) groups excluding carboxylic acids is 2. The zero-order valence-corrected chi connectivity index (χ0v) is 27.4. The molecule has 238 valence electrons. The molecule has 0 aliphatic rings. The molecule has 0 aromatic heterocycles. The van der Waals surface area contributed by atoms with Crippen LogP contribution in [0.5, 0.6) is 11.5 Å². The molecule has 0 saturated carbocycles. The first-order chi connectivity index (χ1) is 20.8. The van der Waals surface area contributed by atoms with Crippen molar-refractivity contribution in [2.24, 2.45) is 0 Å². The van der Waals surface area contributed by atoms with Crippen molar-refractivity contribution in [3.8, 4) is 11.5 Å². The van der Waals surface area contributed by atoms with Crippen LogP contribution in [0.1, 0.15) is 51.7 Å². The number of hydrogen-bond donors (Lipinski definition) is 1. The van der Waals surface area contributed by atoms with Gasteiger partial charge in [-0.1, -0.05) is 42.5 Å². The molecule has 0 spiro atoms. The molecule has 0 saturated heterocycles. The van der Waals surface area contributed by atoms with Crippen LogP contribution in [0.3, 0.4) is 0 Å². The van der Waals surface area contributed by atoms with Crippen molar-refractivity contribution in [2.45, 2.75) is 65.1 Å². The Labute approximate surface area is 262 Å². The molecule has 0 bridgehead atoms. The number of ether oxygens (including phenoxy) is 2. The Hall–Kier alpha value is -4.05. The number of amides is 2. The Morgan fingerprint density at radius 3 is 2.16 bits per heavy atom. The fraction of sp³-hybridized carbons (Fsp3) is 0.412. The molecule has 3 aromatic rings. The molecule has 0 fully saturated rings. The molecule has 2 amide bonds. The number of anilines is 1. The van der Waals surface area contributed by atoms with Crippen LogP contribution in [0.2, 0.25) is 0 Å². The van der Waals surface area contributed by atoms with Gasteiger partial charge in [0, 0.05) is 31.5 Å². The third-order valence-corrected chi connectivity index (χ3v) is 8.04. The quantitative estimate of drug-likeness (QED) is 0.250. The van der Waals surface area contributed by atoms with Gasteiger partial charge in [0.2, 0.25) is 21.8 Å². The summed E-state index contributed by atoms with van der Waals surface area (Å²) in [7, 11) is -2.04. The number of carbonyl (C=O) groups is 2. The maximum atomic E-state index is 14.0. The Morgan fingerprint density at radius 2 is 1.57 bits per heavy atom. The number of methoxy groups -OCH3 is 1. The monoisotopic (exact) mass is 623 g/mol. The average molecular weight is 624 g/mol. The maximum absolute atomic E-state index is 14.0. The highest BCUT2D eigenvalue weighted by atomic mass is 32.2. The van der Waals surface area contributed by atoms with Crippen LogP contribution in [0.4, 0.5) is 5.69 Å². The maximum Gasteiger partial charge on any atom is 0.243 e. The van der Waals surface area contributed by atoms with Crippen LogP contribution >= 0.6 is 0 Å². The van der Waals surface area contributed by atoms with Crippen molar-refractivity contribution in [3.63, 3.8) is 0 Å². The smallest absolute Gasteiger partial charge is 0.243 e. The molecule has 1 atom stereocenters. The number of rotatable bonds is 15. The molecule has 10 heteroatoms.